The quantitative estimate of drug-likeness (QED) is 0.806. The Balaban J connectivity index is 2.66. The summed E-state index contributed by atoms with van der Waals surface area (Å²) in [6, 6.07) is 3.06. The Morgan fingerprint density at radius 3 is 2.71 bits per heavy atom. The van der Waals surface area contributed by atoms with E-state index in [9.17, 15) is 8.78 Å². The number of hydrogen-bond acceptors (Lipinski definition) is 3. The molecule has 0 bridgehead atoms. The first-order valence-corrected chi connectivity index (χ1v) is 4.12. The SMILES string of the molecule is Cc1nc(OCC(F)F)ccc1CO. The first kappa shape index (κ1) is 10.8. The van der Waals surface area contributed by atoms with Gasteiger partial charge in [0.1, 0.15) is 0 Å². The summed E-state index contributed by atoms with van der Waals surface area (Å²) >= 11 is 0. The first-order chi connectivity index (χ1) is 6.63. The van der Waals surface area contributed by atoms with Gasteiger partial charge < -0.3 is 9.84 Å². The van der Waals surface area contributed by atoms with Crippen molar-refractivity contribution in [1.82, 2.24) is 4.98 Å². The average Bonchev–Trinajstić information content (AvgIpc) is 2.15. The van der Waals surface area contributed by atoms with Crippen LogP contribution in [0.15, 0.2) is 12.1 Å². The zero-order valence-corrected chi connectivity index (χ0v) is 7.70. The molecule has 1 N–H and O–H groups in total. The monoisotopic (exact) mass is 203 g/mol. The zero-order chi connectivity index (χ0) is 10.6. The van der Waals surface area contributed by atoms with Crippen LogP contribution in [0, 0.1) is 6.92 Å². The maximum absolute atomic E-state index is 11.8. The Kier molecular flexibility index (Phi) is 3.76. The number of nitrogens with zero attached hydrogens (tertiary/aromatic N) is 1. The molecule has 0 atom stereocenters. The highest BCUT2D eigenvalue weighted by atomic mass is 19.3. The molecule has 0 spiro atoms. The molecule has 1 aromatic heterocycles. The Bertz CT molecular complexity index is 305. The number of ether oxygens (including phenoxy) is 1. The predicted molar refractivity (Wildman–Crippen MR) is 46.4 cm³/mol. The van der Waals surface area contributed by atoms with Gasteiger partial charge in [0.2, 0.25) is 5.88 Å². The van der Waals surface area contributed by atoms with Gasteiger partial charge in [-0.25, -0.2) is 13.8 Å². The van der Waals surface area contributed by atoms with Crippen LogP contribution in [0.2, 0.25) is 0 Å². The highest BCUT2D eigenvalue weighted by molar-refractivity contribution is 5.24. The van der Waals surface area contributed by atoms with Gasteiger partial charge in [0.25, 0.3) is 6.43 Å². The molecule has 0 aliphatic carbocycles. The lowest BCUT2D eigenvalue weighted by Crippen LogP contribution is -2.08. The van der Waals surface area contributed by atoms with Crippen LogP contribution >= 0.6 is 0 Å². The molecule has 0 aliphatic rings. The molecule has 0 aliphatic heterocycles. The minimum atomic E-state index is -2.50. The van der Waals surface area contributed by atoms with Gasteiger partial charge in [0.05, 0.1) is 6.61 Å². The minimum absolute atomic E-state index is 0.117. The number of rotatable bonds is 4. The molecule has 1 rings (SSSR count). The molecule has 5 heteroatoms. The van der Waals surface area contributed by atoms with Crippen molar-refractivity contribution < 1.29 is 18.6 Å². The fraction of sp³-hybridized carbons (Fsp3) is 0.444. The van der Waals surface area contributed by atoms with Crippen molar-refractivity contribution in [1.29, 1.82) is 0 Å². The summed E-state index contributed by atoms with van der Waals surface area (Å²) < 4.78 is 28.3. The molecule has 0 unspecified atom stereocenters. The van der Waals surface area contributed by atoms with Gasteiger partial charge in [-0.3, -0.25) is 0 Å². The van der Waals surface area contributed by atoms with Crippen molar-refractivity contribution in [3.63, 3.8) is 0 Å². The third-order valence-electron chi connectivity index (χ3n) is 1.70. The summed E-state index contributed by atoms with van der Waals surface area (Å²) in [5, 5.41) is 8.83. The van der Waals surface area contributed by atoms with Gasteiger partial charge in [-0.15, -0.1) is 0 Å². The summed E-state index contributed by atoms with van der Waals surface area (Å²) in [5.41, 5.74) is 1.24. The fourth-order valence-electron chi connectivity index (χ4n) is 0.963. The normalized spacial score (nSPS) is 10.6. The lowest BCUT2D eigenvalue weighted by Gasteiger charge is -2.06. The molecule has 1 heterocycles. The van der Waals surface area contributed by atoms with Gasteiger partial charge in [0, 0.05) is 11.8 Å². The van der Waals surface area contributed by atoms with Crippen molar-refractivity contribution in [3.8, 4) is 5.88 Å². The van der Waals surface area contributed by atoms with E-state index in [-0.39, 0.29) is 12.5 Å². The summed E-state index contributed by atoms with van der Waals surface area (Å²) in [6.45, 7) is 0.902. The second-order valence-corrected chi connectivity index (χ2v) is 2.75. The molecule has 0 saturated heterocycles. The Morgan fingerprint density at radius 2 is 2.21 bits per heavy atom. The number of alkyl halides is 2. The van der Waals surface area contributed by atoms with Crippen LogP contribution in [0.4, 0.5) is 8.78 Å². The minimum Gasteiger partial charge on any atom is -0.472 e. The van der Waals surface area contributed by atoms with Crippen LogP contribution in [0.3, 0.4) is 0 Å². The molecule has 14 heavy (non-hydrogen) atoms. The van der Waals surface area contributed by atoms with Gasteiger partial charge in [0.15, 0.2) is 6.61 Å². The molecule has 0 radical (unpaired) electrons. The Hall–Kier alpha value is -1.23. The molecule has 3 nitrogen and oxygen atoms in total. The van der Waals surface area contributed by atoms with E-state index in [0.717, 1.165) is 0 Å². The highest BCUT2D eigenvalue weighted by Gasteiger charge is 2.05. The highest BCUT2D eigenvalue weighted by Crippen LogP contribution is 2.12. The van der Waals surface area contributed by atoms with Crippen LogP contribution in [0.1, 0.15) is 11.3 Å². The molecular weight excluding hydrogens is 192 g/mol. The van der Waals surface area contributed by atoms with Crippen LogP contribution in [-0.2, 0) is 6.61 Å². The predicted octanol–water partition coefficient (Wildman–Crippen LogP) is 1.53. The number of aliphatic hydroxyl groups is 1. The van der Waals surface area contributed by atoms with Crippen molar-refractivity contribution in [2.45, 2.75) is 20.0 Å². The summed E-state index contributed by atoms with van der Waals surface area (Å²) in [7, 11) is 0. The van der Waals surface area contributed by atoms with Gasteiger partial charge in [-0.2, -0.15) is 0 Å². The van der Waals surface area contributed by atoms with Crippen molar-refractivity contribution in [2.75, 3.05) is 6.61 Å². The third kappa shape index (κ3) is 2.92. The summed E-state index contributed by atoms with van der Waals surface area (Å²) in [6.07, 6.45) is -2.50. The van der Waals surface area contributed by atoms with Crippen LogP contribution < -0.4 is 4.74 Å². The largest absolute Gasteiger partial charge is 0.472 e. The average molecular weight is 203 g/mol. The number of aryl methyl sites for hydroxylation is 1. The van der Waals surface area contributed by atoms with E-state index in [0.29, 0.717) is 11.3 Å². The number of aliphatic hydroxyl groups excluding tert-OH is 1. The second-order valence-electron chi connectivity index (χ2n) is 2.75. The molecular formula is C9H11F2NO2. The molecule has 1 aromatic rings. The maximum atomic E-state index is 11.8. The van der Waals surface area contributed by atoms with Crippen molar-refractivity contribution >= 4 is 0 Å². The zero-order valence-electron chi connectivity index (χ0n) is 7.70. The van der Waals surface area contributed by atoms with Gasteiger partial charge >= 0.3 is 0 Å². The van der Waals surface area contributed by atoms with Crippen molar-refractivity contribution in [3.05, 3.63) is 23.4 Å². The third-order valence-corrected chi connectivity index (χ3v) is 1.70. The Labute approximate surface area is 80.3 Å². The van der Waals surface area contributed by atoms with Gasteiger partial charge in [-0.05, 0) is 18.6 Å². The maximum Gasteiger partial charge on any atom is 0.272 e. The summed E-state index contributed by atoms with van der Waals surface area (Å²) in [5.74, 6) is 0.153. The van der Waals surface area contributed by atoms with E-state index in [1.807, 2.05) is 0 Å². The lowest BCUT2D eigenvalue weighted by atomic mass is 10.2. The Morgan fingerprint density at radius 1 is 1.50 bits per heavy atom. The molecule has 0 saturated carbocycles. The number of pyridine rings is 1. The topological polar surface area (TPSA) is 42.4 Å². The summed E-state index contributed by atoms with van der Waals surface area (Å²) in [4.78, 5) is 3.90. The number of aromatic nitrogens is 1. The van der Waals surface area contributed by atoms with Crippen LogP contribution in [0.5, 0.6) is 5.88 Å². The standard InChI is InChI=1S/C9H11F2NO2/c1-6-7(4-13)2-3-9(12-6)14-5-8(10)11/h2-3,8,13H,4-5H2,1H3. The first-order valence-electron chi connectivity index (χ1n) is 4.12. The van der Waals surface area contributed by atoms with E-state index >= 15 is 0 Å². The van der Waals surface area contributed by atoms with E-state index in [2.05, 4.69) is 4.98 Å². The lowest BCUT2D eigenvalue weighted by molar-refractivity contribution is 0.0794. The smallest absolute Gasteiger partial charge is 0.272 e. The number of hydrogen-bond donors (Lipinski definition) is 1. The van der Waals surface area contributed by atoms with E-state index in [1.54, 1.807) is 13.0 Å². The van der Waals surface area contributed by atoms with E-state index < -0.39 is 13.0 Å². The second kappa shape index (κ2) is 4.85. The van der Waals surface area contributed by atoms with E-state index in [4.69, 9.17) is 9.84 Å². The van der Waals surface area contributed by atoms with Crippen LogP contribution in [-0.4, -0.2) is 23.1 Å². The fourth-order valence-corrected chi connectivity index (χ4v) is 0.963. The molecule has 0 fully saturated rings. The van der Waals surface area contributed by atoms with Crippen LogP contribution in [0.25, 0.3) is 0 Å². The van der Waals surface area contributed by atoms with Crippen molar-refractivity contribution in [2.24, 2.45) is 0 Å². The molecule has 0 amide bonds. The van der Waals surface area contributed by atoms with E-state index in [1.165, 1.54) is 6.07 Å². The molecule has 0 aromatic carbocycles. The van der Waals surface area contributed by atoms with Gasteiger partial charge in [-0.1, -0.05) is 0 Å². The number of halogens is 2. The molecule has 78 valence electrons.